The molecule has 1 aliphatic heterocycles. The van der Waals surface area contributed by atoms with Gasteiger partial charge in [-0.05, 0) is 35.9 Å². The van der Waals surface area contributed by atoms with Crippen molar-refractivity contribution in [3.8, 4) is 0 Å². The number of benzene rings is 1. The SMILES string of the molecule is CN(c1ccc(/C=C/C(=O)O)c(Br)c1)C1CCSC1. The predicted molar refractivity (Wildman–Crippen MR) is 84.9 cm³/mol. The normalized spacial score (nSPS) is 18.9. The third kappa shape index (κ3) is 3.76. The van der Waals surface area contributed by atoms with Crippen LogP contribution < -0.4 is 4.90 Å². The first-order valence-corrected chi connectivity index (χ1v) is 8.04. The van der Waals surface area contributed by atoms with E-state index < -0.39 is 5.97 Å². The molecular weight excluding hydrogens is 326 g/mol. The van der Waals surface area contributed by atoms with Crippen LogP contribution in [-0.4, -0.2) is 35.7 Å². The molecule has 1 saturated heterocycles. The van der Waals surface area contributed by atoms with Gasteiger partial charge in [0.1, 0.15) is 0 Å². The number of carboxylic acids is 1. The summed E-state index contributed by atoms with van der Waals surface area (Å²) < 4.78 is 0.917. The van der Waals surface area contributed by atoms with Crippen molar-refractivity contribution in [2.75, 3.05) is 23.5 Å². The fourth-order valence-electron chi connectivity index (χ4n) is 2.07. The first-order chi connectivity index (χ1) is 9.08. The second-order valence-electron chi connectivity index (χ2n) is 4.51. The van der Waals surface area contributed by atoms with Crippen molar-refractivity contribution < 1.29 is 9.90 Å². The van der Waals surface area contributed by atoms with Gasteiger partial charge in [-0.1, -0.05) is 22.0 Å². The average molecular weight is 342 g/mol. The van der Waals surface area contributed by atoms with E-state index in [0.29, 0.717) is 6.04 Å². The Kier molecular flexibility index (Phi) is 4.93. The molecule has 5 heteroatoms. The summed E-state index contributed by atoms with van der Waals surface area (Å²) in [7, 11) is 2.12. The standard InChI is InChI=1S/C14H16BrNO2S/c1-16(12-6-7-19-9-12)11-4-2-10(13(15)8-11)3-5-14(17)18/h2-5,8,12H,6-7,9H2,1H3,(H,17,18)/b5-3+. The van der Waals surface area contributed by atoms with Crippen molar-refractivity contribution in [3.63, 3.8) is 0 Å². The molecule has 1 aromatic carbocycles. The molecule has 0 bridgehead atoms. The zero-order chi connectivity index (χ0) is 13.8. The van der Waals surface area contributed by atoms with Crippen molar-refractivity contribution in [2.24, 2.45) is 0 Å². The molecule has 0 amide bonds. The van der Waals surface area contributed by atoms with Gasteiger partial charge in [-0.2, -0.15) is 11.8 Å². The molecule has 3 nitrogen and oxygen atoms in total. The summed E-state index contributed by atoms with van der Waals surface area (Å²) >= 11 is 5.49. The Labute approximate surface area is 125 Å². The Balaban J connectivity index is 2.15. The number of anilines is 1. The van der Waals surface area contributed by atoms with Crippen molar-refractivity contribution in [1.29, 1.82) is 0 Å². The largest absolute Gasteiger partial charge is 0.478 e. The van der Waals surface area contributed by atoms with Crippen LogP contribution in [0.25, 0.3) is 6.08 Å². The van der Waals surface area contributed by atoms with Crippen LogP contribution >= 0.6 is 27.7 Å². The molecule has 0 spiro atoms. The number of carbonyl (C=O) groups is 1. The van der Waals surface area contributed by atoms with Gasteiger partial charge >= 0.3 is 5.97 Å². The Bertz CT molecular complexity index is 498. The number of halogens is 1. The first kappa shape index (κ1) is 14.5. The number of aliphatic carboxylic acids is 1. The third-order valence-electron chi connectivity index (χ3n) is 3.25. The van der Waals surface area contributed by atoms with Crippen LogP contribution in [0.3, 0.4) is 0 Å². The lowest BCUT2D eigenvalue weighted by atomic mass is 10.1. The molecule has 1 fully saturated rings. The molecule has 2 rings (SSSR count). The molecule has 1 aromatic rings. The summed E-state index contributed by atoms with van der Waals surface area (Å²) in [5.41, 5.74) is 2.03. The molecule has 1 aliphatic rings. The predicted octanol–water partition coefficient (Wildman–Crippen LogP) is 3.49. The Morgan fingerprint density at radius 3 is 2.95 bits per heavy atom. The fraction of sp³-hybridized carbons (Fsp3) is 0.357. The van der Waals surface area contributed by atoms with Crippen LogP contribution in [0.5, 0.6) is 0 Å². The minimum atomic E-state index is -0.934. The molecule has 1 atom stereocenters. The van der Waals surface area contributed by atoms with E-state index >= 15 is 0 Å². The smallest absolute Gasteiger partial charge is 0.328 e. The highest BCUT2D eigenvalue weighted by atomic mass is 79.9. The molecule has 0 saturated carbocycles. The maximum Gasteiger partial charge on any atom is 0.328 e. The van der Waals surface area contributed by atoms with E-state index in [4.69, 9.17) is 5.11 Å². The molecule has 1 N–H and O–H groups in total. The van der Waals surface area contributed by atoms with Gasteiger partial charge in [0.25, 0.3) is 0 Å². The third-order valence-corrected chi connectivity index (χ3v) is 5.08. The summed E-state index contributed by atoms with van der Waals surface area (Å²) in [6, 6.07) is 6.62. The summed E-state index contributed by atoms with van der Waals surface area (Å²) in [6.45, 7) is 0. The Hall–Kier alpha value is -0.940. The molecule has 102 valence electrons. The molecule has 19 heavy (non-hydrogen) atoms. The second-order valence-corrected chi connectivity index (χ2v) is 6.51. The lowest BCUT2D eigenvalue weighted by molar-refractivity contribution is -0.131. The average Bonchev–Trinajstić information content (AvgIpc) is 2.90. The van der Waals surface area contributed by atoms with Crippen LogP contribution in [0, 0.1) is 0 Å². The van der Waals surface area contributed by atoms with Crippen LogP contribution in [0.1, 0.15) is 12.0 Å². The van der Waals surface area contributed by atoms with E-state index in [0.717, 1.165) is 21.8 Å². The molecule has 1 unspecified atom stereocenters. The fourth-order valence-corrected chi connectivity index (χ4v) is 3.84. The number of carboxylic acid groups (broad SMARTS) is 1. The van der Waals surface area contributed by atoms with Gasteiger partial charge < -0.3 is 10.0 Å². The van der Waals surface area contributed by atoms with Crippen LogP contribution in [-0.2, 0) is 4.79 Å². The number of hydrogen-bond acceptors (Lipinski definition) is 3. The van der Waals surface area contributed by atoms with E-state index in [2.05, 4.69) is 27.9 Å². The lowest BCUT2D eigenvalue weighted by Gasteiger charge is -2.26. The van der Waals surface area contributed by atoms with E-state index in [9.17, 15) is 4.79 Å². The van der Waals surface area contributed by atoms with Crippen molar-refractivity contribution in [2.45, 2.75) is 12.5 Å². The van der Waals surface area contributed by atoms with E-state index in [1.54, 1.807) is 6.08 Å². The monoisotopic (exact) mass is 341 g/mol. The van der Waals surface area contributed by atoms with Gasteiger partial charge in [0.05, 0.1) is 0 Å². The van der Waals surface area contributed by atoms with Crippen molar-refractivity contribution in [1.82, 2.24) is 0 Å². The quantitative estimate of drug-likeness (QED) is 0.851. The van der Waals surface area contributed by atoms with Crippen LogP contribution in [0.2, 0.25) is 0 Å². The van der Waals surface area contributed by atoms with Gasteiger partial charge in [-0.15, -0.1) is 0 Å². The molecular formula is C14H16BrNO2S. The van der Waals surface area contributed by atoms with Gasteiger partial charge in [-0.25, -0.2) is 4.79 Å². The minimum absolute atomic E-state index is 0.595. The first-order valence-electron chi connectivity index (χ1n) is 6.09. The number of hydrogen-bond donors (Lipinski definition) is 1. The maximum atomic E-state index is 10.5. The molecule has 0 radical (unpaired) electrons. The summed E-state index contributed by atoms with van der Waals surface area (Å²) in [5, 5.41) is 8.64. The molecule has 0 aromatic heterocycles. The molecule has 1 heterocycles. The Morgan fingerprint density at radius 2 is 2.37 bits per heavy atom. The van der Waals surface area contributed by atoms with Crippen LogP contribution in [0.15, 0.2) is 28.7 Å². The minimum Gasteiger partial charge on any atom is -0.478 e. The lowest BCUT2D eigenvalue weighted by Crippen LogP contribution is -2.31. The van der Waals surface area contributed by atoms with E-state index in [1.807, 2.05) is 30.0 Å². The highest BCUT2D eigenvalue weighted by Gasteiger charge is 2.20. The summed E-state index contributed by atoms with van der Waals surface area (Å²) in [5.74, 6) is 1.47. The molecule has 0 aliphatic carbocycles. The van der Waals surface area contributed by atoms with E-state index in [1.165, 1.54) is 17.9 Å². The number of rotatable bonds is 4. The number of thioether (sulfide) groups is 1. The highest BCUT2D eigenvalue weighted by Crippen LogP contribution is 2.29. The summed E-state index contributed by atoms with van der Waals surface area (Å²) in [6.07, 6.45) is 3.97. The van der Waals surface area contributed by atoms with Gasteiger partial charge in [0.15, 0.2) is 0 Å². The van der Waals surface area contributed by atoms with Gasteiger partial charge in [-0.3, -0.25) is 0 Å². The van der Waals surface area contributed by atoms with Crippen LogP contribution in [0.4, 0.5) is 5.69 Å². The van der Waals surface area contributed by atoms with Crippen molar-refractivity contribution >= 4 is 45.4 Å². The van der Waals surface area contributed by atoms with E-state index in [-0.39, 0.29) is 0 Å². The van der Waals surface area contributed by atoms with Gasteiger partial charge in [0.2, 0.25) is 0 Å². The highest BCUT2D eigenvalue weighted by molar-refractivity contribution is 9.10. The topological polar surface area (TPSA) is 40.5 Å². The maximum absolute atomic E-state index is 10.5. The van der Waals surface area contributed by atoms with Crippen molar-refractivity contribution in [3.05, 3.63) is 34.3 Å². The Morgan fingerprint density at radius 1 is 1.58 bits per heavy atom. The number of nitrogens with zero attached hydrogens (tertiary/aromatic N) is 1. The zero-order valence-corrected chi connectivity index (χ0v) is 13.1. The second kappa shape index (κ2) is 6.48. The summed E-state index contributed by atoms with van der Waals surface area (Å²) in [4.78, 5) is 12.8. The zero-order valence-electron chi connectivity index (χ0n) is 10.7. The van der Waals surface area contributed by atoms with Gasteiger partial charge in [0, 0.05) is 35.1 Å².